The van der Waals surface area contributed by atoms with Crippen molar-refractivity contribution in [3.8, 4) is 6.07 Å². The van der Waals surface area contributed by atoms with E-state index in [9.17, 15) is 4.79 Å². The summed E-state index contributed by atoms with van der Waals surface area (Å²) in [5.41, 5.74) is 1.48. The van der Waals surface area contributed by atoms with E-state index in [1.165, 1.54) is 7.11 Å². The first kappa shape index (κ1) is 11.0. The van der Waals surface area contributed by atoms with Crippen LogP contribution in [0.15, 0.2) is 30.3 Å². The topological polar surface area (TPSA) is 50.1 Å². The number of hydrogen-bond donors (Lipinski definition) is 0. The van der Waals surface area contributed by atoms with Gasteiger partial charge in [-0.05, 0) is 17.7 Å². The van der Waals surface area contributed by atoms with Gasteiger partial charge < -0.3 is 4.74 Å². The molecule has 0 N–H and O–H groups in total. The van der Waals surface area contributed by atoms with Gasteiger partial charge in [0.15, 0.2) is 0 Å². The van der Waals surface area contributed by atoms with Gasteiger partial charge in [0.05, 0.1) is 25.2 Å². The molecule has 1 aromatic rings. The molecule has 3 nitrogen and oxygen atoms in total. The predicted octanol–water partition coefficient (Wildman–Crippen LogP) is 2.40. The average molecular weight is 201 g/mol. The summed E-state index contributed by atoms with van der Waals surface area (Å²) in [7, 11) is 1.35. The minimum absolute atomic E-state index is 0.345. The number of esters is 1. The van der Waals surface area contributed by atoms with Crippen LogP contribution in [0, 0.1) is 11.3 Å². The van der Waals surface area contributed by atoms with E-state index < -0.39 is 0 Å². The summed E-state index contributed by atoms with van der Waals surface area (Å²) in [6.07, 6.45) is 4.00. The highest BCUT2D eigenvalue weighted by Gasteiger charge is 2.02. The van der Waals surface area contributed by atoms with Crippen LogP contribution in [0.4, 0.5) is 0 Å². The number of methoxy groups -OCH3 is 1. The Bertz CT molecular complexity index is 399. The van der Waals surface area contributed by atoms with Crippen LogP contribution in [0.25, 0.3) is 6.08 Å². The van der Waals surface area contributed by atoms with Crippen LogP contribution in [-0.4, -0.2) is 13.1 Å². The largest absolute Gasteiger partial charge is 0.465 e. The number of nitrogens with zero attached hydrogens (tertiary/aromatic N) is 1. The summed E-state index contributed by atoms with van der Waals surface area (Å²) in [4.78, 5) is 11.1. The average Bonchev–Trinajstić information content (AvgIpc) is 2.29. The van der Waals surface area contributed by atoms with Crippen molar-refractivity contribution in [1.82, 2.24) is 0 Å². The van der Waals surface area contributed by atoms with Crippen molar-refractivity contribution in [1.29, 1.82) is 5.26 Å². The van der Waals surface area contributed by atoms with Gasteiger partial charge in [-0.1, -0.05) is 24.3 Å². The zero-order valence-corrected chi connectivity index (χ0v) is 8.43. The maximum atomic E-state index is 11.1. The van der Waals surface area contributed by atoms with Crippen LogP contribution in [0.1, 0.15) is 22.3 Å². The molecule has 0 spiro atoms. The first-order valence-electron chi connectivity index (χ1n) is 4.50. The molecule has 0 saturated carbocycles. The van der Waals surface area contributed by atoms with Crippen molar-refractivity contribution in [2.24, 2.45) is 0 Å². The fourth-order valence-corrected chi connectivity index (χ4v) is 1.10. The highest BCUT2D eigenvalue weighted by atomic mass is 16.5. The van der Waals surface area contributed by atoms with Crippen LogP contribution >= 0.6 is 0 Å². The Kier molecular flexibility index (Phi) is 4.11. The summed E-state index contributed by atoms with van der Waals surface area (Å²) >= 11 is 0. The van der Waals surface area contributed by atoms with Crippen molar-refractivity contribution in [2.75, 3.05) is 7.11 Å². The van der Waals surface area contributed by atoms with Gasteiger partial charge in [0, 0.05) is 0 Å². The van der Waals surface area contributed by atoms with E-state index in [1.54, 1.807) is 30.3 Å². The second-order valence-electron chi connectivity index (χ2n) is 2.88. The Morgan fingerprint density at radius 2 is 2.13 bits per heavy atom. The van der Waals surface area contributed by atoms with Crippen molar-refractivity contribution in [2.45, 2.75) is 6.42 Å². The van der Waals surface area contributed by atoms with E-state index >= 15 is 0 Å². The molecule has 0 unspecified atom stereocenters. The van der Waals surface area contributed by atoms with E-state index in [-0.39, 0.29) is 5.97 Å². The van der Waals surface area contributed by atoms with Crippen molar-refractivity contribution in [3.05, 3.63) is 41.5 Å². The zero-order chi connectivity index (χ0) is 11.1. The molecule has 0 atom stereocenters. The molecule has 3 heteroatoms. The van der Waals surface area contributed by atoms with Crippen LogP contribution in [-0.2, 0) is 4.74 Å². The van der Waals surface area contributed by atoms with Crippen molar-refractivity contribution in [3.63, 3.8) is 0 Å². The molecule has 0 saturated heterocycles. The molecule has 0 fully saturated rings. The number of nitriles is 1. The second-order valence-corrected chi connectivity index (χ2v) is 2.88. The third-order valence-corrected chi connectivity index (χ3v) is 1.85. The van der Waals surface area contributed by atoms with Gasteiger partial charge in [0.1, 0.15) is 0 Å². The molecule has 0 aliphatic heterocycles. The molecular weight excluding hydrogens is 190 g/mol. The maximum absolute atomic E-state index is 11.1. The van der Waals surface area contributed by atoms with Gasteiger partial charge in [0.2, 0.25) is 0 Å². The summed E-state index contributed by atoms with van der Waals surface area (Å²) < 4.78 is 4.57. The Hall–Kier alpha value is -2.08. The van der Waals surface area contributed by atoms with E-state index in [4.69, 9.17) is 5.26 Å². The molecule has 0 aliphatic rings. The lowest BCUT2D eigenvalue weighted by atomic mass is 10.1. The van der Waals surface area contributed by atoms with E-state index in [0.717, 1.165) is 5.56 Å². The van der Waals surface area contributed by atoms with Gasteiger partial charge in [-0.25, -0.2) is 4.79 Å². The summed E-state index contributed by atoms with van der Waals surface area (Å²) in [5.74, 6) is -0.345. The van der Waals surface area contributed by atoms with Crippen molar-refractivity contribution >= 4 is 12.0 Å². The lowest BCUT2D eigenvalue weighted by Crippen LogP contribution is -2.00. The molecule has 76 valence electrons. The highest BCUT2D eigenvalue weighted by molar-refractivity contribution is 5.89. The smallest absolute Gasteiger partial charge is 0.337 e. The summed E-state index contributed by atoms with van der Waals surface area (Å²) in [6, 6.07) is 9.01. The van der Waals surface area contributed by atoms with E-state index in [1.807, 2.05) is 12.1 Å². The minimum atomic E-state index is -0.345. The fourth-order valence-electron chi connectivity index (χ4n) is 1.10. The third-order valence-electron chi connectivity index (χ3n) is 1.85. The molecule has 0 amide bonds. The lowest BCUT2D eigenvalue weighted by Gasteiger charge is -1.98. The number of allylic oxidation sites excluding steroid dienone is 1. The SMILES string of the molecule is COC(=O)c1ccc(C=CCC#N)cc1. The normalized spacial score (nSPS) is 9.87. The van der Waals surface area contributed by atoms with Gasteiger partial charge in [-0.2, -0.15) is 5.26 Å². The van der Waals surface area contributed by atoms with Crippen LogP contribution in [0.5, 0.6) is 0 Å². The number of benzene rings is 1. The van der Waals surface area contributed by atoms with Gasteiger partial charge in [0.25, 0.3) is 0 Å². The predicted molar refractivity (Wildman–Crippen MR) is 57.0 cm³/mol. The number of hydrogen-bond acceptors (Lipinski definition) is 3. The molecule has 0 heterocycles. The first-order valence-corrected chi connectivity index (χ1v) is 4.50. The fraction of sp³-hybridized carbons (Fsp3) is 0.167. The van der Waals surface area contributed by atoms with Crippen molar-refractivity contribution < 1.29 is 9.53 Å². The second kappa shape index (κ2) is 5.61. The minimum Gasteiger partial charge on any atom is -0.465 e. The van der Waals surface area contributed by atoms with Gasteiger partial charge in [-0.15, -0.1) is 0 Å². The first-order chi connectivity index (χ1) is 7.27. The molecule has 0 aromatic heterocycles. The number of ether oxygens (including phenoxy) is 1. The van der Waals surface area contributed by atoms with Crippen LogP contribution in [0.2, 0.25) is 0 Å². The Morgan fingerprint density at radius 1 is 1.47 bits per heavy atom. The van der Waals surface area contributed by atoms with Crippen LogP contribution < -0.4 is 0 Å². The van der Waals surface area contributed by atoms with E-state index in [2.05, 4.69) is 4.74 Å². The summed E-state index contributed by atoms with van der Waals surface area (Å²) in [5, 5.41) is 8.33. The monoisotopic (exact) mass is 201 g/mol. The Labute approximate surface area is 88.6 Å². The Balaban J connectivity index is 2.73. The molecule has 0 radical (unpaired) electrons. The maximum Gasteiger partial charge on any atom is 0.337 e. The lowest BCUT2D eigenvalue weighted by molar-refractivity contribution is 0.0601. The van der Waals surface area contributed by atoms with Gasteiger partial charge >= 0.3 is 5.97 Å². The van der Waals surface area contributed by atoms with Gasteiger partial charge in [-0.3, -0.25) is 0 Å². The zero-order valence-electron chi connectivity index (χ0n) is 8.43. The number of carbonyl (C=O) groups is 1. The molecule has 15 heavy (non-hydrogen) atoms. The third kappa shape index (κ3) is 3.28. The molecule has 0 bridgehead atoms. The Morgan fingerprint density at radius 3 is 2.67 bits per heavy atom. The summed E-state index contributed by atoms with van der Waals surface area (Å²) in [6.45, 7) is 0. The molecular formula is C12H11NO2. The number of rotatable bonds is 3. The quantitative estimate of drug-likeness (QED) is 0.705. The highest BCUT2D eigenvalue weighted by Crippen LogP contribution is 2.07. The van der Waals surface area contributed by atoms with E-state index in [0.29, 0.717) is 12.0 Å². The molecule has 0 aliphatic carbocycles. The molecule has 1 aromatic carbocycles. The molecule has 1 rings (SSSR count). The standard InChI is InChI=1S/C12H11NO2/c1-15-12(14)11-7-5-10(6-8-11)4-2-3-9-13/h2,4-8H,3H2,1H3. The number of carbonyl (C=O) groups excluding carboxylic acids is 1. The van der Waals surface area contributed by atoms with Crippen LogP contribution in [0.3, 0.4) is 0 Å².